The molecule has 1 heterocycles. The van der Waals surface area contributed by atoms with Crippen molar-refractivity contribution in [3.63, 3.8) is 0 Å². The molecule has 0 aliphatic rings. The third-order valence-corrected chi connectivity index (χ3v) is 7.07. The summed E-state index contributed by atoms with van der Waals surface area (Å²) in [7, 11) is -3.98. The highest BCUT2D eigenvalue weighted by Crippen LogP contribution is 2.28. The molecule has 2 amide bonds. The van der Waals surface area contributed by atoms with E-state index < -0.39 is 28.4 Å². The number of sulfonamides is 1. The summed E-state index contributed by atoms with van der Waals surface area (Å²) in [5.74, 6) is -0.386. The van der Waals surface area contributed by atoms with Crippen molar-refractivity contribution in [2.75, 3.05) is 5.32 Å². The van der Waals surface area contributed by atoms with Gasteiger partial charge in [0.15, 0.2) is 0 Å². The topological polar surface area (TPSA) is 115 Å². The van der Waals surface area contributed by atoms with Crippen molar-refractivity contribution in [1.29, 1.82) is 0 Å². The lowest BCUT2D eigenvalue weighted by Gasteiger charge is -2.08. The fraction of sp³-hybridized carbons (Fsp3) is 0.143. The molecule has 3 aromatic carbocycles. The monoisotopic (exact) mass is 554 g/mol. The predicted octanol–water partition coefficient (Wildman–Crippen LogP) is 5.46. The van der Waals surface area contributed by atoms with Crippen LogP contribution in [0.25, 0.3) is 11.3 Å². The Morgan fingerprint density at radius 3 is 2.18 bits per heavy atom. The van der Waals surface area contributed by atoms with Crippen molar-refractivity contribution in [3.05, 3.63) is 101 Å². The minimum absolute atomic E-state index is 0.00353. The van der Waals surface area contributed by atoms with Crippen LogP contribution in [-0.2, 0) is 21.2 Å². The quantitative estimate of drug-likeness (QED) is 0.284. The highest BCUT2D eigenvalue weighted by atomic mass is 32.2. The summed E-state index contributed by atoms with van der Waals surface area (Å²) in [6.07, 6.45) is -0.176. The Balaban J connectivity index is 1.36. The van der Waals surface area contributed by atoms with Gasteiger partial charge in [0, 0.05) is 11.3 Å². The van der Waals surface area contributed by atoms with Crippen LogP contribution in [0.4, 0.5) is 14.5 Å². The SMILES string of the molecule is Cc1ccc(S(=O)(=O)NC(=O)Cc2ccc(NC(=O)c3cc(-c4ccc(OC(F)F)cc4)oc3C)cc2)cc1. The predicted molar refractivity (Wildman–Crippen MR) is 140 cm³/mol. The second kappa shape index (κ2) is 11.5. The van der Waals surface area contributed by atoms with Gasteiger partial charge in [-0.05, 0) is 74.0 Å². The zero-order chi connectivity index (χ0) is 28.2. The highest BCUT2D eigenvalue weighted by Gasteiger charge is 2.19. The number of alkyl halides is 2. The van der Waals surface area contributed by atoms with Crippen molar-refractivity contribution in [1.82, 2.24) is 4.72 Å². The Morgan fingerprint density at radius 2 is 1.56 bits per heavy atom. The maximum atomic E-state index is 12.8. The highest BCUT2D eigenvalue weighted by molar-refractivity contribution is 7.90. The fourth-order valence-corrected chi connectivity index (χ4v) is 4.69. The first-order valence-electron chi connectivity index (χ1n) is 11.7. The number of aryl methyl sites for hydroxylation is 2. The van der Waals surface area contributed by atoms with E-state index in [2.05, 4.69) is 14.8 Å². The van der Waals surface area contributed by atoms with E-state index in [0.717, 1.165) is 5.56 Å². The molecule has 4 aromatic rings. The number of ether oxygens (including phenoxy) is 1. The molecule has 2 N–H and O–H groups in total. The molecule has 39 heavy (non-hydrogen) atoms. The number of hydrogen-bond acceptors (Lipinski definition) is 6. The molecule has 0 saturated heterocycles. The second-order valence-corrected chi connectivity index (χ2v) is 10.3. The lowest BCUT2D eigenvalue weighted by molar-refractivity contribution is -0.118. The fourth-order valence-electron chi connectivity index (χ4n) is 3.70. The third-order valence-electron chi connectivity index (χ3n) is 5.68. The Morgan fingerprint density at radius 1 is 0.923 bits per heavy atom. The molecular weight excluding hydrogens is 530 g/mol. The molecule has 0 aliphatic carbocycles. The molecule has 0 atom stereocenters. The number of amides is 2. The number of carbonyl (C=O) groups excluding carboxylic acids is 2. The van der Waals surface area contributed by atoms with Gasteiger partial charge >= 0.3 is 6.61 Å². The van der Waals surface area contributed by atoms with E-state index in [4.69, 9.17) is 4.42 Å². The third kappa shape index (κ3) is 7.08. The van der Waals surface area contributed by atoms with Crippen LogP contribution in [-0.4, -0.2) is 26.8 Å². The zero-order valence-corrected chi connectivity index (χ0v) is 21.7. The van der Waals surface area contributed by atoms with Gasteiger partial charge in [0.25, 0.3) is 15.9 Å². The van der Waals surface area contributed by atoms with E-state index >= 15 is 0 Å². The van der Waals surface area contributed by atoms with Crippen LogP contribution >= 0.6 is 0 Å². The molecule has 8 nitrogen and oxygen atoms in total. The Kier molecular flexibility index (Phi) is 8.10. The molecule has 1 aromatic heterocycles. The molecular formula is C28H24F2N2O6S. The zero-order valence-electron chi connectivity index (χ0n) is 20.9. The molecule has 0 aliphatic heterocycles. The van der Waals surface area contributed by atoms with E-state index in [1.807, 2.05) is 6.92 Å². The number of nitrogens with one attached hydrogen (secondary N) is 2. The van der Waals surface area contributed by atoms with Crippen molar-refractivity contribution < 1.29 is 35.9 Å². The van der Waals surface area contributed by atoms with Gasteiger partial charge in [0.1, 0.15) is 17.3 Å². The molecule has 202 valence electrons. The Bertz CT molecular complexity index is 1580. The van der Waals surface area contributed by atoms with Crippen LogP contribution in [0.5, 0.6) is 5.75 Å². The summed E-state index contributed by atoms with van der Waals surface area (Å²) in [5, 5.41) is 2.74. The van der Waals surface area contributed by atoms with E-state index in [0.29, 0.717) is 28.3 Å². The first-order valence-corrected chi connectivity index (χ1v) is 13.2. The molecule has 4 rings (SSSR count). The lowest BCUT2D eigenvalue weighted by atomic mass is 10.1. The van der Waals surface area contributed by atoms with Crippen molar-refractivity contribution >= 4 is 27.5 Å². The molecule has 0 fully saturated rings. The van der Waals surface area contributed by atoms with Gasteiger partial charge in [-0.15, -0.1) is 0 Å². The van der Waals surface area contributed by atoms with Crippen LogP contribution in [0.15, 0.2) is 88.2 Å². The van der Waals surface area contributed by atoms with Crippen molar-refractivity contribution in [2.24, 2.45) is 0 Å². The number of furan rings is 1. The number of hydrogen-bond donors (Lipinski definition) is 2. The van der Waals surface area contributed by atoms with Gasteiger partial charge in [0.05, 0.1) is 16.9 Å². The van der Waals surface area contributed by atoms with Gasteiger partial charge in [-0.3, -0.25) is 9.59 Å². The smallest absolute Gasteiger partial charge is 0.387 e. The van der Waals surface area contributed by atoms with Crippen molar-refractivity contribution in [3.8, 4) is 17.1 Å². The second-order valence-electron chi connectivity index (χ2n) is 8.65. The van der Waals surface area contributed by atoms with E-state index in [1.54, 1.807) is 61.5 Å². The summed E-state index contributed by atoms with van der Waals surface area (Å²) in [6, 6.07) is 19.9. The molecule has 0 bridgehead atoms. The molecule has 0 spiro atoms. The molecule has 0 saturated carbocycles. The number of benzene rings is 3. The maximum absolute atomic E-state index is 12.8. The maximum Gasteiger partial charge on any atom is 0.387 e. The number of anilines is 1. The van der Waals surface area contributed by atoms with Crippen LogP contribution in [0.3, 0.4) is 0 Å². The summed E-state index contributed by atoms with van der Waals surface area (Å²) in [5.41, 5.74) is 2.75. The molecule has 0 radical (unpaired) electrons. The Labute approximate surface area is 223 Å². The Hall–Kier alpha value is -4.51. The van der Waals surface area contributed by atoms with E-state index in [9.17, 15) is 26.8 Å². The molecule has 0 unspecified atom stereocenters. The minimum atomic E-state index is -3.98. The molecule has 11 heteroatoms. The van der Waals surface area contributed by atoms with Crippen LogP contribution in [0.1, 0.15) is 27.2 Å². The minimum Gasteiger partial charge on any atom is -0.461 e. The van der Waals surface area contributed by atoms with Crippen molar-refractivity contribution in [2.45, 2.75) is 31.8 Å². The van der Waals surface area contributed by atoms with Gasteiger partial charge < -0.3 is 14.5 Å². The average molecular weight is 555 g/mol. The normalized spacial score (nSPS) is 11.3. The lowest BCUT2D eigenvalue weighted by Crippen LogP contribution is -2.31. The van der Waals surface area contributed by atoms with E-state index in [-0.39, 0.29) is 22.6 Å². The summed E-state index contributed by atoms with van der Waals surface area (Å²) >= 11 is 0. The summed E-state index contributed by atoms with van der Waals surface area (Å²) in [4.78, 5) is 25.1. The van der Waals surface area contributed by atoms with Gasteiger partial charge in [0.2, 0.25) is 5.91 Å². The average Bonchev–Trinajstić information content (AvgIpc) is 3.27. The van der Waals surface area contributed by atoms with E-state index in [1.165, 1.54) is 24.3 Å². The van der Waals surface area contributed by atoms with Gasteiger partial charge in [-0.1, -0.05) is 29.8 Å². The standard InChI is InChI=1S/C28H24F2N2O6S/c1-17-3-13-23(14-4-17)39(35,36)32-26(33)15-19-5-9-21(10-6-19)31-27(34)24-16-25(37-18(24)2)20-7-11-22(12-8-20)38-28(29)30/h3-14,16,28H,15H2,1-2H3,(H,31,34)(H,32,33). The number of halogens is 2. The van der Waals surface area contributed by atoms with Gasteiger partial charge in [-0.25, -0.2) is 13.1 Å². The van der Waals surface area contributed by atoms with Crippen LogP contribution in [0.2, 0.25) is 0 Å². The van der Waals surface area contributed by atoms with Gasteiger partial charge in [-0.2, -0.15) is 8.78 Å². The summed E-state index contributed by atoms with van der Waals surface area (Å²) in [6.45, 7) is 0.523. The summed E-state index contributed by atoms with van der Waals surface area (Å²) < 4.78 is 61.6. The first-order chi connectivity index (χ1) is 18.5. The largest absolute Gasteiger partial charge is 0.461 e. The first kappa shape index (κ1) is 27.5. The number of rotatable bonds is 9. The van der Waals surface area contributed by atoms with Crippen LogP contribution in [0, 0.1) is 13.8 Å². The number of carbonyl (C=O) groups is 2. The van der Waals surface area contributed by atoms with Crippen LogP contribution < -0.4 is 14.8 Å².